The molecule has 1 N–H and O–H groups in total. The van der Waals surface area contributed by atoms with Crippen molar-refractivity contribution < 1.29 is 13.6 Å². The zero-order valence-corrected chi connectivity index (χ0v) is 20.3. The first kappa shape index (κ1) is 22.9. The van der Waals surface area contributed by atoms with E-state index in [1.807, 2.05) is 66.4 Å². The van der Waals surface area contributed by atoms with Crippen LogP contribution in [-0.2, 0) is 11.8 Å². The molecule has 0 bridgehead atoms. The van der Waals surface area contributed by atoms with Crippen LogP contribution in [0.5, 0.6) is 0 Å². The summed E-state index contributed by atoms with van der Waals surface area (Å²) >= 11 is 1.35. The van der Waals surface area contributed by atoms with Gasteiger partial charge >= 0.3 is 0 Å². The van der Waals surface area contributed by atoms with E-state index in [0.717, 1.165) is 28.0 Å². The van der Waals surface area contributed by atoms with E-state index in [9.17, 15) is 9.18 Å². The van der Waals surface area contributed by atoms with Crippen LogP contribution in [0.2, 0.25) is 0 Å². The maximum Gasteiger partial charge on any atom is 0.237 e. The molecule has 0 saturated heterocycles. The van der Waals surface area contributed by atoms with Crippen molar-refractivity contribution in [3.63, 3.8) is 0 Å². The van der Waals surface area contributed by atoms with Gasteiger partial charge in [0.2, 0.25) is 5.91 Å². The lowest BCUT2D eigenvalue weighted by atomic mass is 10.2. The second-order valence-corrected chi connectivity index (χ2v) is 9.37. The molecule has 1 atom stereocenters. The van der Waals surface area contributed by atoms with Gasteiger partial charge in [0.25, 0.3) is 0 Å². The Bertz CT molecular complexity index is 1500. The first-order valence-electron chi connectivity index (χ1n) is 11.2. The first-order valence-corrected chi connectivity index (χ1v) is 12.1. The van der Waals surface area contributed by atoms with Crippen LogP contribution < -0.4 is 5.32 Å². The van der Waals surface area contributed by atoms with Crippen LogP contribution in [0.1, 0.15) is 18.9 Å². The monoisotopic (exact) mass is 489 g/mol. The Kier molecular flexibility index (Phi) is 6.17. The van der Waals surface area contributed by atoms with Crippen LogP contribution in [0.4, 0.5) is 10.1 Å². The minimum Gasteiger partial charge on any atom is -0.463 e. The van der Waals surface area contributed by atoms with Gasteiger partial charge in [-0.1, -0.05) is 36.9 Å². The highest BCUT2D eigenvalue weighted by molar-refractivity contribution is 8.00. The molecular formula is C26H24FN5O2S. The third-order valence-corrected chi connectivity index (χ3v) is 7.21. The van der Waals surface area contributed by atoms with Crippen molar-refractivity contribution in [2.75, 3.05) is 5.32 Å². The van der Waals surface area contributed by atoms with E-state index in [1.54, 1.807) is 18.4 Å². The van der Waals surface area contributed by atoms with Gasteiger partial charge in [-0.2, -0.15) is 0 Å². The van der Waals surface area contributed by atoms with Crippen molar-refractivity contribution in [1.29, 1.82) is 0 Å². The molecule has 0 aliphatic rings. The lowest BCUT2D eigenvalue weighted by Gasteiger charge is -2.17. The molecule has 3 aromatic heterocycles. The van der Waals surface area contributed by atoms with Crippen LogP contribution >= 0.6 is 11.8 Å². The summed E-state index contributed by atoms with van der Waals surface area (Å²) in [6.45, 7) is 3.98. The Morgan fingerprint density at radius 2 is 1.91 bits per heavy atom. The number of aromatic nitrogens is 4. The minimum atomic E-state index is -0.426. The zero-order valence-electron chi connectivity index (χ0n) is 19.5. The van der Waals surface area contributed by atoms with Gasteiger partial charge in [-0.05, 0) is 49.2 Å². The molecule has 0 aliphatic carbocycles. The number of amides is 1. The van der Waals surface area contributed by atoms with Gasteiger partial charge in [-0.25, -0.2) is 4.39 Å². The summed E-state index contributed by atoms with van der Waals surface area (Å²) in [5.74, 6) is 0.127. The highest BCUT2D eigenvalue weighted by Crippen LogP contribution is 2.34. The summed E-state index contributed by atoms with van der Waals surface area (Å²) in [6.07, 6.45) is 2.23. The molecule has 1 unspecified atom stereocenters. The van der Waals surface area contributed by atoms with Gasteiger partial charge in [0.1, 0.15) is 5.82 Å². The third kappa shape index (κ3) is 4.35. The Morgan fingerprint density at radius 1 is 1.14 bits per heavy atom. The summed E-state index contributed by atoms with van der Waals surface area (Å²) in [7, 11) is 1.96. The number of rotatable bonds is 7. The SMILES string of the molecule is CCC(Sc1nnc(-c2cc3occc3n2C)n1-c1ccccc1C)C(=O)Nc1ccc(F)cc1. The molecule has 178 valence electrons. The van der Waals surface area contributed by atoms with E-state index in [2.05, 4.69) is 15.5 Å². The highest BCUT2D eigenvalue weighted by atomic mass is 32.2. The molecule has 2 aromatic carbocycles. The maximum atomic E-state index is 13.3. The molecule has 5 aromatic rings. The van der Waals surface area contributed by atoms with Gasteiger partial charge in [-0.15, -0.1) is 10.2 Å². The lowest BCUT2D eigenvalue weighted by molar-refractivity contribution is -0.115. The number of halogens is 1. The van der Waals surface area contributed by atoms with Gasteiger partial charge < -0.3 is 14.3 Å². The van der Waals surface area contributed by atoms with Crippen molar-refractivity contribution >= 4 is 34.5 Å². The van der Waals surface area contributed by atoms with Gasteiger partial charge in [0.15, 0.2) is 16.6 Å². The van der Waals surface area contributed by atoms with Crippen LogP contribution in [-0.4, -0.2) is 30.5 Å². The van der Waals surface area contributed by atoms with Crippen molar-refractivity contribution in [3.8, 4) is 17.2 Å². The van der Waals surface area contributed by atoms with Crippen LogP contribution in [0.15, 0.2) is 76.5 Å². The third-order valence-electron chi connectivity index (χ3n) is 5.91. The van der Waals surface area contributed by atoms with E-state index in [-0.39, 0.29) is 11.7 Å². The number of nitrogens with zero attached hydrogens (tertiary/aromatic N) is 4. The maximum absolute atomic E-state index is 13.3. The largest absolute Gasteiger partial charge is 0.463 e. The number of nitrogens with one attached hydrogen (secondary N) is 1. The number of carbonyl (C=O) groups is 1. The van der Waals surface area contributed by atoms with Crippen LogP contribution in [0.25, 0.3) is 28.3 Å². The number of furan rings is 1. The number of para-hydroxylation sites is 1. The van der Waals surface area contributed by atoms with Crippen LogP contribution in [0.3, 0.4) is 0 Å². The van der Waals surface area contributed by atoms with Crippen molar-refractivity contribution in [2.24, 2.45) is 7.05 Å². The van der Waals surface area contributed by atoms with Crippen LogP contribution in [0, 0.1) is 12.7 Å². The zero-order chi connectivity index (χ0) is 24.5. The second-order valence-electron chi connectivity index (χ2n) is 8.20. The molecule has 7 nitrogen and oxygen atoms in total. The average molecular weight is 490 g/mol. The van der Waals surface area contributed by atoms with E-state index in [0.29, 0.717) is 23.1 Å². The van der Waals surface area contributed by atoms with Gasteiger partial charge in [0, 0.05) is 24.9 Å². The normalized spacial score (nSPS) is 12.2. The van der Waals surface area contributed by atoms with E-state index in [1.165, 1.54) is 23.9 Å². The molecule has 0 spiro atoms. The number of aryl methyl sites for hydroxylation is 2. The standard InChI is InChI=1S/C26H24FN5O2S/c1-4-23(25(33)28-18-11-9-17(27)10-12-18)35-26-30-29-24(32(26)19-8-6-5-7-16(19)2)21-15-22-20(31(21)3)13-14-34-22/h5-15,23H,4H2,1-3H3,(H,28,33). The first-order chi connectivity index (χ1) is 17.0. The molecule has 0 saturated carbocycles. The summed E-state index contributed by atoms with van der Waals surface area (Å²) in [4.78, 5) is 13.1. The van der Waals surface area contributed by atoms with E-state index >= 15 is 0 Å². The Hall–Kier alpha value is -3.85. The number of benzene rings is 2. The fourth-order valence-electron chi connectivity index (χ4n) is 4.01. The number of thioether (sulfide) groups is 1. The molecule has 1 amide bonds. The van der Waals surface area contributed by atoms with Gasteiger partial charge in [0.05, 0.1) is 28.4 Å². The average Bonchev–Trinajstić information content (AvgIpc) is 3.55. The predicted octanol–water partition coefficient (Wildman–Crippen LogP) is 5.98. The highest BCUT2D eigenvalue weighted by Gasteiger charge is 2.26. The topological polar surface area (TPSA) is 77.9 Å². The molecule has 3 heterocycles. The Morgan fingerprint density at radius 3 is 2.63 bits per heavy atom. The van der Waals surface area contributed by atoms with Crippen molar-refractivity contribution in [1.82, 2.24) is 19.3 Å². The smallest absolute Gasteiger partial charge is 0.237 e. The second kappa shape index (κ2) is 9.42. The van der Waals surface area contributed by atoms with Gasteiger partial charge in [-0.3, -0.25) is 9.36 Å². The number of hydrogen-bond acceptors (Lipinski definition) is 5. The minimum absolute atomic E-state index is 0.179. The quantitative estimate of drug-likeness (QED) is 0.285. The molecule has 35 heavy (non-hydrogen) atoms. The molecule has 0 aliphatic heterocycles. The number of fused-ring (bicyclic) bond motifs is 1. The predicted molar refractivity (Wildman–Crippen MR) is 135 cm³/mol. The van der Waals surface area contributed by atoms with Crippen molar-refractivity contribution in [3.05, 3.63) is 78.3 Å². The summed E-state index contributed by atoms with van der Waals surface area (Å²) < 4.78 is 22.9. The number of hydrogen-bond donors (Lipinski definition) is 1. The molecular weight excluding hydrogens is 465 g/mol. The number of carbonyl (C=O) groups excluding carboxylic acids is 1. The fraction of sp³-hybridized carbons (Fsp3) is 0.192. The van der Waals surface area contributed by atoms with Crippen molar-refractivity contribution in [2.45, 2.75) is 30.7 Å². The number of anilines is 1. The lowest BCUT2D eigenvalue weighted by Crippen LogP contribution is -2.25. The molecule has 9 heteroatoms. The molecule has 5 rings (SSSR count). The summed E-state index contributed by atoms with van der Waals surface area (Å²) in [5, 5.41) is 12.1. The summed E-state index contributed by atoms with van der Waals surface area (Å²) in [6, 6.07) is 17.6. The summed E-state index contributed by atoms with van der Waals surface area (Å²) in [5.41, 5.74) is 5.10. The fourth-order valence-corrected chi connectivity index (χ4v) is 4.98. The van der Waals surface area contributed by atoms with E-state index < -0.39 is 5.25 Å². The molecule has 0 fully saturated rings. The Labute approximate surface area is 206 Å². The molecule has 0 radical (unpaired) electrons. The van der Waals surface area contributed by atoms with E-state index in [4.69, 9.17) is 4.42 Å². The Balaban J connectivity index is 1.54.